The van der Waals surface area contributed by atoms with E-state index < -0.39 is 0 Å². The number of aromatic nitrogens is 3. The highest BCUT2D eigenvalue weighted by molar-refractivity contribution is 9.10. The number of anilines is 2. The van der Waals surface area contributed by atoms with Crippen LogP contribution in [0.15, 0.2) is 41.0 Å². The first-order valence-electron chi connectivity index (χ1n) is 9.53. The van der Waals surface area contributed by atoms with Gasteiger partial charge in [-0.05, 0) is 32.2 Å². The van der Waals surface area contributed by atoms with Crippen molar-refractivity contribution >= 4 is 38.3 Å². The van der Waals surface area contributed by atoms with Crippen LogP contribution in [0.1, 0.15) is 11.5 Å². The number of likely N-dealkylation sites (N-methyl/N-ethyl adjacent to an activating group) is 1. The van der Waals surface area contributed by atoms with Gasteiger partial charge in [-0.1, -0.05) is 22.0 Å². The van der Waals surface area contributed by atoms with Gasteiger partial charge in [0.05, 0.1) is 23.4 Å². The first kappa shape index (κ1) is 19.1. The highest BCUT2D eigenvalue weighted by Gasteiger charge is 2.17. The van der Waals surface area contributed by atoms with Crippen molar-refractivity contribution < 1.29 is 0 Å². The maximum absolute atomic E-state index is 4.69. The van der Waals surface area contributed by atoms with Gasteiger partial charge in [0.2, 0.25) is 0 Å². The Hall–Kier alpha value is -2.25. The molecule has 0 atom stereocenters. The number of nitrogens with zero attached hydrogens (tertiary/aromatic N) is 6. The lowest BCUT2D eigenvalue weighted by molar-refractivity contribution is 0.312. The molecule has 0 spiro atoms. The van der Waals surface area contributed by atoms with Crippen LogP contribution in [0, 0.1) is 6.92 Å². The largest absolute Gasteiger partial charge is 0.367 e. The molecule has 7 heteroatoms. The van der Waals surface area contributed by atoms with Crippen molar-refractivity contribution in [2.24, 2.45) is 0 Å². The van der Waals surface area contributed by atoms with E-state index in [2.05, 4.69) is 83.9 Å². The van der Waals surface area contributed by atoms with Gasteiger partial charge < -0.3 is 14.7 Å². The Morgan fingerprint density at radius 2 is 1.89 bits per heavy atom. The molecule has 1 saturated heterocycles. The molecule has 1 fully saturated rings. The van der Waals surface area contributed by atoms with E-state index in [9.17, 15) is 0 Å². The van der Waals surface area contributed by atoms with E-state index in [0.29, 0.717) is 6.54 Å². The molecule has 0 amide bonds. The quantitative estimate of drug-likeness (QED) is 0.618. The van der Waals surface area contributed by atoms with Crippen molar-refractivity contribution in [3.05, 3.63) is 52.5 Å². The van der Waals surface area contributed by atoms with E-state index >= 15 is 0 Å². The molecule has 0 N–H and O–H groups in total. The van der Waals surface area contributed by atoms with E-state index in [1.807, 2.05) is 19.2 Å². The minimum Gasteiger partial charge on any atom is -0.367 e. The number of aryl methyl sites for hydroxylation is 1. The van der Waals surface area contributed by atoms with Crippen LogP contribution in [0.4, 0.5) is 11.5 Å². The number of rotatable bonds is 4. The minimum absolute atomic E-state index is 0.701. The Labute approximate surface area is 174 Å². The van der Waals surface area contributed by atoms with Gasteiger partial charge in [-0.2, -0.15) is 0 Å². The van der Waals surface area contributed by atoms with Crippen LogP contribution in [0.2, 0.25) is 0 Å². The lowest BCUT2D eigenvalue weighted by atomic mass is 10.1. The number of hydrogen-bond acceptors (Lipinski definition) is 6. The number of fused-ring (bicyclic) bond motifs is 1. The standard InChI is InChI=1S/C21H25BrN6/c1-15-24-18(13-20(25-15)28-9-7-26(2)8-10-28)14-27(3)19-12-17(22)11-16-5-4-6-23-21(16)19/h4-6,11-13H,7-10,14H2,1-3H3. The van der Waals surface area contributed by atoms with Crippen LogP contribution < -0.4 is 9.80 Å². The predicted molar refractivity (Wildman–Crippen MR) is 118 cm³/mol. The zero-order chi connectivity index (χ0) is 19.7. The third kappa shape index (κ3) is 4.10. The second-order valence-corrected chi connectivity index (χ2v) is 8.33. The molecule has 1 aliphatic rings. The maximum Gasteiger partial charge on any atom is 0.132 e. The first-order valence-corrected chi connectivity index (χ1v) is 10.3. The van der Waals surface area contributed by atoms with Crippen molar-refractivity contribution in [2.75, 3.05) is 50.1 Å². The number of piperazine rings is 1. The highest BCUT2D eigenvalue weighted by Crippen LogP contribution is 2.30. The van der Waals surface area contributed by atoms with Crippen LogP contribution in [-0.4, -0.2) is 60.1 Å². The van der Waals surface area contributed by atoms with Crippen molar-refractivity contribution in [2.45, 2.75) is 13.5 Å². The molecule has 3 heterocycles. The molecule has 0 radical (unpaired) electrons. The highest BCUT2D eigenvalue weighted by atomic mass is 79.9. The Kier molecular flexibility index (Phi) is 5.46. The molecule has 6 nitrogen and oxygen atoms in total. The maximum atomic E-state index is 4.69. The van der Waals surface area contributed by atoms with Gasteiger partial charge >= 0.3 is 0 Å². The van der Waals surface area contributed by atoms with Gasteiger partial charge in [0.1, 0.15) is 11.6 Å². The summed E-state index contributed by atoms with van der Waals surface area (Å²) in [4.78, 5) is 20.9. The Bertz CT molecular complexity index is 984. The summed E-state index contributed by atoms with van der Waals surface area (Å²) < 4.78 is 1.05. The second kappa shape index (κ2) is 8.01. The Morgan fingerprint density at radius 1 is 1.11 bits per heavy atom. The van der Waals surface area contributed by atoms with Crippen LogP contribution in [0.5, 0.6) is 0 Å². The number of halogens is 1. The average Bonchev–Trinajstić information content (AvgIpc) is 2.67. The summed E-state index contributed by atoms with van der Waals surface area (Å²) in [7, 11) is 4.25. The molecular weight excluding hydrogens is 416 g/mol. The minimum atomic E-state index is 0.701. The third-order valence-electron chi connectivity index (χ3n) is 5.16. The molecule has 3 aromatic rings. The van der Waals surface area contributed by atoms with E-state index in [1.54, 1.807) is 0 Å². The normalized spacial score (nSPS) is 15.2. The topological polar surface area (TPSA) is 48.4 Å². The fourth-order valence-electron chi connectivity index (χ4n) is 3.65. The summed E-state index contributed by atoms with van der Waals surface area (Å²) in [5.41, 5.74) is 3.11. The SMILES string of the molecule is Cc1nc(CN(C)c2cc(Br)cc3cccnc23)cc(N2CCN(C)CC2)n1. The van der Waals surface area contributed by atoms with Crippen molar-refractivity contribution in [3.63, 3.8) is 0 Å². The van der Waals surface area contributed by atoms with Crippen LogP contribution in [0.25, 0.3) is 10.9 Å². The van der Waals surface area contributed by atoms with E-state index in [0.717, 1.165) is 64.6 Å². The summed E-state index contributed by atoms with van der Waals surface area (Å²) in [6, 6.07) is 10.4. The molecule has 4 rings (SSSR count). The summed E-state index contributed by atoms with van der Waals surface area (Å²) >= 11 is 3.63. The molecule has 0 aliphatic carbocycles. The molecule has 0 bridgehead atoms. The molecule has 2 aromatic heterocycles. The van der Waals surface area contributed by atoms with E-state index in [1.165, 1.54) is 0 Å². The smallest absolute Gasteiger partial charge is 0.132 e. The molecule has 1 aliphatic heterocycles. The zero-order valence-electron chi connectivity index (χ0n) is 16.6. The fraction of sp³-hybridized carbons (Fsp3) is 0.381. The van der Waals surface area contributed by atoms with Gasteiger partial charge in [-0.3, -0.25) is 4.98 Å². The third-order valence-corrected chi connectivity index (χ3v) is 5.62. The number of hydrogen-bond donors (Lipinski definition) is 0. The van der Waals surface area contributed by atoms with Crippen molar-refractivity contribution in [3.8, 4) is 0 Å². The predicted octanol–water partition coefficient (Wildman–Crippen LogP) is 3.48. The Morgan fingerprint density at radius 3 is 2.68 bits per heavy atom. The summed E-state index contributed by atoms with van der Waals surface area (Å²) in [6.07, 6.45) is 1.84. The average molecular weight is 441 g/mol. The van der Waals surface area contributed by atoms with E-state index in [-0.39, 0.29) is 0 Å². The second-order valence-electron chi connectivity index (χ2n) is 7.41. The molecule has 28 heavy (non-hydrogen) atoms. The summed E-state index contributed by atoms with van der Waals surface area (Å²) in [5.74, 6) is 1.85. The van der Waals surface area contributed by atoms with Crippen LogP contribution >= 0.6 is 15.9 Å². The monoisotopic (exact) mass is 440 g/mol. The van der Waals surface area contributed by atoms with Crippen LogP contribution in [0.3, 0.4) is 0 Å². The first-order chi connectivity index (χ1) is 13.5. The van der Waals surface area contributed by atoms with Gasteiger partial charge in [0.15, 0.2) is 0 Å². The van der Waals surface area contributed by atoms with Gasteiger partial charge in [-0.15, -0.1) is 0 Å². The van der Waals surface area contributed by atoms with Gasteiger partial charge in [-0.25, -0.2) is 9.97 Å². The molecular formula is C21H25BrN6. The molecule has 1 aromatic carbocycles. The van der Waals surface area contributed by atoms with Gasteiger partial charge in [0, 0.05) is 55.3 Å². The van der Waals surface area contributed by atoms with Gasteiger partial charge in [0.25, 0.3) is 0 Å². The number of benzene rings is 1. The lowest BCUT2D eigenvalue weighted by Crippen LogP contribution is -2.45. The zero-order valence-corrected chi connectivity index (χ0v) is 18.1. The van der Waals surface area contributed by atoms with Crippen molar-refractivity contribution in [1.82, 2.24) is 19.9 Å². The fourth-order valence-corrected chi connectivity index (χ4v) is 4.11. The number of pyridine rings is 1. The van der Waals surface area contributed by atoms with Crippen molar-refractivity contribution in [1.29, 1.82) is 0 Å². The molecule has 146 valence electrons. The van der Waals surface area contributed by atoms with Crippen LogP contribution in [-0.2, 0) is 6.54 Å². The molecule has 0 saturated carbocycles. The summed E-state index contributed by atoms with van der Waals surface area (Å²) in [6.45, 7) is 6.80. The lowest BCUT2D eigenvalue weighted by Gasteiger charge is -2.33. The Balaban J connectivity index is 1.61. The van der Waals surface area contributed by atoms with E-state index in [4.69, 9.17) is 0 Å². The molecule has 0 unspecified atom stereocenters. The summed E-state index contributed by atoms with van der Waals surface area (Å²) in [5, 5.41) is 1.12.